The molecule has 3 rings (SSSR count). The van der Waals surface area contributed by atoms with Gasteiger partial charge in [-0.1, -0.05) is 25.1 Å². The fourth-order valence-corrected chi connectivity index (χ4v) is 2.08. The molecule has 2 N–H and O–H groups in total. The average Bonchev–Trinajstić information content (AvgIpc) is 3.01. The van der Waals surface area contributed by atoms with Gasteiger partial charge in [0.25, 0.3) is 0 Å². The van der Waals surface area contributed by atoms with Crippen molar-refractivity contribution in [3.05, 3.63) is 42.5 Å². The van der Waals surface area contributed by atoms with E-state index in [1.165, 1.54) is 6.33 Å². The minimum Gasteiger partial charge on any atom is -0.493 e. The molecule has 6 nitrogen and oxygen atoms in total. The predicted octanol–water partition coefficient (Wildman–Crippen LogP) is 2.75. The molecule has 2 heterocycles. The first-order valence-electron chi connectivity index (χ1n) is 6.97. The highest BCUT2D eigenvalue weighted by atomic mass is 16.5. The maximum absolute atomic E-state index is 5.75. The summed E-state index contributed by atoms with van der Waals surface area (Å²) >= 11 is 0. The van der Waals surface area contributed by atoms with Gasteiger partial charge in [0, 0.05) is 12.1 Å². The summed E-state index contributed by atoms with van der Waals surface area (Å²) in [5, 5.41) is 3.30. The Morgan fingerprint density at radius 1 is 1.19 bits per heavy atom. The standard InChI is InChI=1S/C15H17N5O/c1-2-7-21-12-6-4-3-5-11(12)8-16-14-13-15(18-9-17-13)20-10-19-14/h3-6,9-10H,2,7-8H2,1H3,(H2,16,17,18,19,20). The summed E-state index contributed by atoms with van der Waals surface area (Å²) in [6, 6.07) is 8.01. The molecule has 0 saturated carbocycles. The first kappa shape index (κ1) is 13.4. The van der Waals surface area contributed by atoms with Crippen LogP contribution >= 0.6 is 0 Å². The summed E-state index contributed by atoms with van der Waals surface area (Å²) in [7, 11) is 0. The van der Waals surface area contributed by atoms with Crippen LogP contribution in [-0.4, -0.2) is 26.5 Å². The number of H-pyrrole nitrogens is 1. The number of anilines is 1. The molecule has 0 radical (unpaired) electrons. The zero-order chi connectivity index (χ0) is 14.5. The summed E-state index contributed by atoms with van der Waals surface area (Å²) < 4.78 is 5.75. The van der Waals surface area contributed by atoms with Crippen LogP contribution in [0.2, 0.25) is 0 Å². The topological polar surface area (TPSA) is 75.7 Å². The molecule has 0 saturated heterocycles. The average molecular weight is 283 g/mol. The lowest BCUT2D eigenvalue weighted by molar-refractivity contribution is 0.314. The zero-order valence-electron chi connectivity index (χ0n) is 11.8. The third-order valence-corrected chi connectivity index (χ3v) is 3.10. The van der Waals surface area contributed by atoms with E-state index in [1.54, 1.807) is 6.33 Å². The van der Waals surface area contributed by atoms with Crippen molar-refractivity contribution in [1.82, 2.24) is 19.9 Å². The second-order valence-electron chi connectivity index (χ2n) is 4.63. The van der Waals surface area contributed by atoms with E-state index in [4.69, 9.17) is 4.74 Å². The van der Waals surface area contributed by atoms with Gasteiger partial charge in [0.2, 0.25) is 0 Å². The largest absolute Gasteiger partial charge is 0.493 e. The molecule has 0 aliphatic carbocycles. The van der Waals surface area contributed by atoms with Gasteiger partial charge in [-0.2, -0.15) is 0 Å². The summed E-state index contributed by atoms with van der Waals surface area (Å²) in [6.07, 6.45) is 4.11. The monoisotopic (exact) mass is 283 g/mol. The number of aromatic amines is 1. The first-order valence-corrected chi connectivity index (χ1v) is 6.97. The molecular formula is C15H17N5O. The quantitative estimate of drug-likeness (QED) is 0.727. The van der Waals surface area contributed by atoms with Crippen molar-refractivity contribution in [2.24, 2.45) is 0 Å². The van der Waals surface area contributed by atoms with E-state index in [0.29, 0.717) is 12.2 Å². The van der Waals surface area contributed by atoms with Gasteiger partial charge in [-0.25, -0.2) is 15.0 Å². The van der Waals surface area contributed by atoms with Crippen molar-refractivity contribution >= 4 is 17.0 Å². The van der Waals surface area contributed by atoms with Crippen molar-refractivity contribution in [2.75, 3.05) is 11.9 Å². The van der Waals surface area contributed by atoms with Crippen molar-refractivity contribution in [3.8, 4) is 5.75 Å². The Balaban J connectivity index is 1.77. The minimum atomic E-state index is 0.630. The van der Waals surface area contributed by atoms with Crippen LogP contribution in [0.5, 0.6) is 5.75 Å². The molecule has 3 aromatic rings. The van der Waals surface area contributed by atoms with Gasteiger partial charge in [0.15, 0.2) is 11.5 Å². The number of benzene rings is 1. The van der Waals surface area contributed by atoms with Crippen molar-refractivity contribution < 1.29 is 4.74 Å². The molecule has 0 atom stereocenters. The number of nitrogens with one attached hydrogen (secondary N) is 2. The Kier molecular flexibility index (Phi) is 3.95. The van der Waals surface area contributed by atoms with Gasteiger partial charge in [0.05, 0.1) is 12.9 Å². The lowest BCUT2D eigenvalue weighted by atomic mass is 10.2. The van der Waals surface area contributed by atoms with Crippen LogP contribution in [0.1, 0.15) is 18.9 Å². The molecule has 0 bridgehead atoms. The number of nitrogens with zero attached hydrogens (tertiary/aromatic N) is 3. The van der Waals surface area contributed by atoms with Crippen LogP contribution in [-0.2, 0) is 6.54 Å². The van der Waals surface area contributed by atoms with E-state index in [9.17, 15) is 0 Å². The molecule has 2 aromatic heterocycles. The molecule has 0 spiro atoms. The fourth-order valence-electron chi connectivity index (χ4n) is 2.08. The molecule has 0 amide bonds. The van der Waals surface area contributed by atoms with E-state index < -0.39 is 0 Å². The summed E-state index contributed by atoms with van der Waals surface area (Å²) in [5.41, 5.74) is 2.56. The summed E-state index contributed by atoms with van der Waals surface area (Å²) in [6.45, 7) is 3.44. The maximum atomic E-state index is 5.75. The number of hydrogen-bond donors (Lipinski definition) is 2. The predicted molar refractivity (Wildman–Crippen MR) is 81.2 cm³/mol. The highest BCUT2D eigenvalue weighted by Gasteiger charge is 2.07. The Morgan fingerprint density at radius 2 is 2.10 bits per heavy atom. The van der Waals surface area contributed by atoms with Gasteiger partial charge < -0.3 is 15.0 Å². The van der Waals surface area contributed by atoms with E-state index >= 15 is 0 Å². The highest BCUT2D eigenvalue weighted by molar-refractivity contribution is 5.81. The Labute approximate surface area is 122 Å². The fraction of sp³-hybridized carbons (Fsp3) is 0.267. The third-order valence-electron chi connectivity index (χ3n) is 3.10. The molecule has 0 unspecified atom stereocenters. The lowest BCUT2D eigenvalue weighted by Gasteiger charge is -2.12. The Hall–Kier alpha value is -2.63. The number of para-hydroxylation sites is 1. The second-order valence-corrected chi connectivity index (χ2v) is 4.63. The highest BCUT2D eigenvalue weighted by Crippen LogP contribution is 2.21. The number of aromatic nitrogens is 4. The molecule has 0 fully saturated rings. The molecule has 0 aliphatic rings. The Bertz CT molecular complexity index is 725. The molecule has 0 aliphatic heterocycles. The van der Waals surface area contributed by atoms with Gasteiger partial charge in [0.1, 0.15) is 17.6 Å². The number of hydrogen-bond acceptors (Lipinski definition) is 5. The number of fused-ring (bicyclic) bond motifs is 1. The molecule has 108 valence electrons. The summed E-state index contributed by atoms with van der Waals surface area (Å²) in [5.74, 6) is 1.64. The van der Waals surface area contributed by atoms with E-state index in [0.717, 1.165) is 35.7 Å². The molecule has 1 aromatic carbocycles. The van der Waals surface area contributed by atoms with Crippen LogP contribution in [0, 0.1) is 0 Å². The van der Waals surface area contributed by atoms with Crippen LogP contribution in [0.15, 0.2) is 36.9 Å². The van der Waals surface area contributed by atoms with E-state index in [1.807, 2.05) is 24.3 Å². The van der Waals surface area contributed by atoms with Gasteiger partial charge >= 0.3 is 0 Å². The lowest BCUT2D eigenvalue weighted by Crippen LogP contribution is -2.05. The minimum absolute atomic E-state index is 0.630. The smallest absolute Gasteiger partial charge is 0.182 e. The van der Waals surface area contributed by atoms with Gasteiger partial charge in [-0.05, 0) is 12.5 Å². The Morgan fingerprint density at radius 3 is 3.00 bits per heavy atom. The molecule has 6 heteroatoms. The van der Waals surface area contributed by atoms with E-state index in [2.05, 4.69) is 32.2 Å². The van der Waals surface area contributed by atoms with E-state index in [-0.39, 0.29) is 0 Å². The first-order chi connectivity index (χ1) is 10.4. The molecule has 21 heavy (non-hydrogen) atoms. The van der Waals surface area contributed by atoms with Crippen LogP contribution in [0.4, 0.5) is 5.82 Å². The zero-order valence-corrected chi connectivity index (χ0v) is 11.8. The van der Waals surface area contributed by atoms with Crippen molar-refractivity contribution in [3.63, 3.8) is 0 Å². The maximum Gasteiger partial charge on any atom is 0.182 e. The number of ether oxygens (including phenoxy) is 1. The van der Waals surface area contributed by atoms with Crippen molar-refractivity contribution in [2.45, 2.75) is 19.9 Å². The normalized spacial score (nSPS) is 10.7. The van der Waals surface area contributed by atoms with Crippen LogP contribution in [0.3, 0.4) is 0 Å². The summed E-state index contributed by atoms with van der Waals surface area (Å²) in [4.78, 5) is 15.5. The molecular weight excluding hydrogens is 266 g/mol. The SMILES string of the molecule is CCCOc1ccccc1CNc1ncnc2nc[nH]c12. The van der Waals surface area contributed by atoms with Crippen LogP contribution in [0.25, 0.3) is 11.2 Å². The second kappa shape index (κ2) is 6.21. The van der Waals surface area contributed by atoms with Crippen molar-refractivity contribution in [1.29, 1.82) is 0 Å². The van der Waals surface area contributed by atoms with Gasteiger partial charge in [-0.15, -0.1) is 0 Å². The third kappa shape index (κ3) is 2.94. The van der Waals surface area contributed by atoms with Crippen LogP contribution < -0.4 is 10.1 Å². The number of rotatable bonds is 6. The van der Waals surface area contributed by atoms with Gasteiger partial charge in [-0.3, -0.25) is 0 Å². The number of imidazole rings is 1.